The fourth-order valence-corrected chi connectivity index (χ4v) is 1.51. The lowest BCUT2D eigenvalue weighted by Crippen LogP contribution is -2.22. The van der Waals surface area contributed by atoms with Crippen molar-refractivity contribution in [1.82, 2.24) is 4.90 Å². The molecule has 0 aromatic carbocycles. The standard InChI is InChI=1S/C8H13NO/c10-8-3-4-9(6-8)5-7-1-2-7/h7H,1-6H2. The Labute approximate surface area is 61.2 Å². The molecule has 1 heterocycles. The van der Waals surface area contributed by atoms with Gasteiger partial charge in [-0.05, 0) is 18.8 Å². The molecule has 0 atom stereocenters. The van der Waals surface area contributed by atoms with Crippen molar-refractivity contribution in [2.24, 2.45) is 5.92 Å². The van der Waals surface area contributed by atoms with Crippen molar-refractivity contribution in [2.45, 2.75) is 19.3 Å². The Balaban J connectivity index is 1.77. The summed E-state index contributed by atoms with van der Waals surface area (Å²) in [6.45, 7) is 2.94. The summed E-state index contributed by atoms with van der Waals surface area (Å²) in [5.41, 5.74) is 0. The Hall–Kier alpha value is -0.370. The van der Waals surface area contributed by atoms with Gasteiger partial charge >= 0.3 is 0 Å². The van der Waals surface area contributed by atoms with E-state index in [0.29, 0.717) is 5.78 Å². The van der Waals surface area contributed by atoms with Gasteiger partial charge in [-0.2, -0.15) is 0 Å². The minimum atomic E-state index is 0.431. The zero-order valence-corrected chi connectivity index (χ0v) is 6.18. The maximum atomic E-state index is 10.8. The van der Waals surface area contributed by atoms with Crippen LogP contribution in [0.4, 0.5) is 0 Å². The number of nitrogens with zero attached hydrogens (tertiary/aromatic N) is 1. The predicted molar refractivity (Wildman–Crippen MR) is 38.8 cm³/mol. The molecule has 56 valence electrons. The molecule has 1 saturated carbocycles. The second-order valence-corrected chi connectivity index (χ2v) is 3.47. The van der Waals surface area contributed by atoms with Gasteiger partial charge in [-0.25, -0.2) is 0 Å². The van der Waals surface area contributed by atoms with Gasteiger partial charge in [0.15, 0.2) is 0 Å². The van der Waals surface area contributed by atoms with Crippen molar-refractivity contribution in [1.29, 1.82) is 0 Å². The molecule has 0 amide bonds. The van der Waals surface area contributed by atoms with Crippen molar-refractivity contribution >= 4 is 5.78 Å². The Bertz CT molecular complexity index is 151. The zero-order chi connectivity index (χ0) is 6.97. The van der Waals surface area contributed by atoms with Gasteiger partial charge in [0.25, 0.3) is 0 Å². The molecule has 0 aromatic rings. The first-order valence-corrected chi connectivity index (χ1v) is 4.08. The summed E-state index contributed by atoms with van der Waals surface area (Å²) in [5, 5.41) is 0. The van der Waals surface area contributed by atoms with Crippen LogP contribution in [0.2, 0.25) is 0 Å². The number of carbonyl (C=O) groups is 1. The third kappa shape index (κ3) is 1.37. The van der Waals surface area contributed by atoms with E-state index >= 15 is 0 Å². The van der Waals surface area contributed by atoms with E-state index in [1.54, 1.807) is 0 Å². The Morgan fingerprint density at radius 1 is 1.50 bits per heavy atom. The Kier molecular flexibility index (Phi) is 1.49. The molecule has 2 nitrogen and oxygen atoms in total. The molecule has 1 saturated heterocycles. The lowest BCUT2D eigenvalue weighted by Gasteiger charge is -2.11. The number of hydrogen-bond acceptors (Lipinski definition) is 2. The van der Waals surface area contributed by atoms with Gasteiger partial charge in [-0.15, -0.1) is 0 Å². The van der Waals surface area contributed by atoms with Crippen LogP contribution < -0.4 is 0 Å². The van der Waals surface area contributed by atoms with Gasteiger partial charge in [-0.3, -0.25) is 9.69 Å². The normalized spacial score (nSPS) is 27.8. The van der Waals surface area contributed by atoms with Crippen LogP contribution in [0.3, 0.4) is 0 Å². The summed E-state index contributed by atoms with van der Waals surface area (Å²) >= 11 is 0. The van der Waals surface area contributed by atoms with Crippen molar-refractivity contribution in [2.75, 3.05) is 19.6 Å². The Morgan fingerprint density at radius 3 is 2.80 bits per heavy atom. The maximum Gasteiger partial charge on any atom is 0.148 e. The molecule has 2 aliphatic rings. The number of ketones is 1. The highest BCUT2D eigenvalue weighted by molar-refractivity contribution is 5.82. The lowest BCUT2D eigenvalue weighted by atomic mass is 10.4. The highest BCUT2D eigenvalue weighted by Gasteiger charge is 2.27. The van der Waals surface area contributed by atoms with Crippen LogP contribution in [-0.4, -0.2) is 30.3 Å². The number of Topliss-reactive ketones (excluding diaryl/α,β-unsaturated/α-hetero) is 1. The van der Waals surface area contributed by atoms with Crippen molar-refractivity contribution in [3.63, 3.8) is 0 Å². The minimum absolute atomic E-state index is 0.431. The van der Waals surface area contributed by atoms with Crippen LogP contribution in [0.1, 0.15) is 19.3 Å². The van der Waals surface area contributed by atoms with E-state index in [2.05, 4.69) is 4.90 Å². The van der Waals surface area contributed by atoms with Gasteiger partial charge < -0.3 is 0 Å². The quantitative estimate of drug-likeness (QED) is 0.560. The van der Waals surface area contributed by atoms with E-state index in [-0.39, 0.29) is 0 Å². The summed E-state index contributed by atoms with van der Waals surface area (Å²) < 4.78 is 0. The smallest absolute Gasteiger partial charge is 0.148 e. The van der Waals surface area contributed by atoms with Crippen LogP contribution >= 0.6 is 0 Å². The first-order valence-electron chi connectivity index (χ1n) is 4.08. The molecule has 2 rings (SSSR count). The van der Waals surface area contributed by atoms with Crippen LogP contribution in [0.25, 0.3) is 0 Å². The van der Waals surface area contributed by atoms with Gasteiger partial charge in [0, 0.05) is 19.5 Å². The second kappa shape index (κ2) is 2.35. The summed E-state index contributed by atoms with van der Waals surface area (Å²) in [6, 6.07) is 0. The fourth-order valence-electron chi connectivity index (χ4n) is 1.51. The average Bonchev–Trinajstić information content (AvgIpc) is 2.59. The van der Waals surface area contributed by atoms with E-state index in [1.165, 1.54) is 19.4 Å². The predicted octanol–water partition coefficient (Wildman–Crippen LogP) is 0.671. The molecule has 0 unspecified atom stereocenters. The summed E-state index contributed by atoms with van der Waals surface area (Å²) in [4.78, 5) is 13.1. The maximum absolute atomic E-state index is 10.8. The van der Waals surface area contributed by atoms with Crippen LogP contribution in [0.15, 0.2) is 0 Å². The van der Waals surface area contributed by atoms with Gasteiger partial charge in [0.2, 0.25) is 0 Å². The molecule has 0 aromatic heterocycles. The molecule has 1 aliphatic heterocycles. The molecule has 2 heteroatoms. The van der Waals surface area contributed by atoms with E-state index in [0.717, 1.165) is 25.4 Å². The van der Waals surface area contributed by atoms with Gasteiger partial charge in [-0.1, -0.05) is 0 Å². The second-order valence-electron chi connectivity index (χ2n) is 3.47. The lowest BCUT2D eigenvalue weighted by molar-refractivity contribution is -0.116. The molecular formula is C8H13NO. The van der Waals surface area contributed by atoms with Gasteiger partial charge in [0.05, 0.1) is 6.54 Å². The fraction of sp³-hybridized carbons (Fsp3) is 0.875. The van der Waals surface area contributed by atoms with Crippen LogP contribution in [0.5, 0.6) is 0 Å². The SMILES string of the molecule is O=C1CCN(CC2CC2)C1. The van der Waals surface area contributed by atoms with Crippen molar-refractivity contribution < 1.29 is 4.79 Å². The molecule has 0 bridgehead atoms. The largest absolute Gasteiger partial charge is 0.298 e. The number of rotatable bonds is 2. The monoisotopic (exact) mass is 139 g/mol. The van der Waals surface area contributed by atoms with Crippen LogP contribution in [0, 0.1) is 5.92 Å². The molecule has 0 radical (unpaired) electrons. The number of hydrogen-bond donors (Lipinski definition) is 0. The molecule has 10 heavy (non-hydrogen) atoms. The molecule has 0 N–H and O–H groups in total. The summed E-state index contributed by atoms with van der Waals surface area (Å²) in [5.74, 6) is 1.37. The third-order valence-electron chi connectivity index (χ3n) is 2.32. The molecule has 0 spiro atoms. The van der Waals surface area contributed by atoms with Crippen molar-refractivity contribution in [3.8, 4) is 0 Å². The number of carbonyl (C=O) groups excluding carboxylic acids is 1. The first kappa shape index (κ1) is 6.35. The summed E-state index contributed by atoms with van der Waals surface area (Å²) in [7, 11) is 0. The molecule has 1 aliphatic carbocycles. The van der Waals surface area contributed by atoms with Crippen LogP contribution in [-0.2, 0) is 4.79 Å². The van der Waals surface area contributed by atoms with E-state index in [9.17, 15) is 4.79 Å². The molecule has 2 fully saturated rings. The first-order chi connectivity index (χ1) is 4.84. The summed E-state index contributed by atoms with van der Waals surface area (Å²) in [6.07, 6.45) is 3.59. The topological polar surface area (TPSA) is 20.3 Å². The Morgan fingerprint density at radius 2 is 2.30 bits per heavy atom. The minimum Gasteiger partial charge on any atom is -0.298 e. The highest BCUT2D eigenvalue weighted by atomic mass is 16.1. The number of likely N-dealkylation sites (tertiary alicyclic amines) is 1. The third-order valence-corrected chi connectivity index (χ3v) is 2.32. The highest BCUT2D eigenvalue weighted by Crippen LogP contribution is 2.30. The van der Waals surface area contributed by atoms with E-state index < -0.39 is 0 Å². The zero-order valence-electron chi connectivity index (χ0n) is 6.18. The van der Waals surface area contributed by atoms with Gasteiger partial charge in [0.1, 0.15) is 5.78 Å². The van der Waals surface area contributed by atoms with E-state index in [1.807, 2.05) is 0 Å². The van der Waals surface area contributed by atoms with Crippen molar-refractivity contribution in [3.05, 3.63) is 0 Å². The van der Waals surface area contributed by atoms with E-state index in [4.69, 9.17) is 0 Å². The molecular weight excluding hydrogens is 126 g/mol. The average molecular weight is 139 g/mol.